The van der Waals surface area contributed by atoms with E-state index in [2.05, 4.69) is 53.3 Å². The Morgan fingerprint density at radius 3 is 2.39 bits per heavy atom. The molecule has 7 heteroatoms. The van der Waals surface area contributed by atoms with E-state index < -0.39 is 0 Å². The van der Waals surface area contributed by atoms with Crippen LogP contribution >= 0.6 is 24.0 Å². The van der Waals surface area contributed by atoms with Gasteiger partial charge in [0.15, 0.2) is 5.96 Å². The van der Waals surface area contributed by atoms with E-state index in [-0.39, 0.29) is 24.0 Å². The van der Waals surface area contributed by atoms with Gasteiger partial charge in [-0.15, -0.1) is 24.0 Å². The molecule has 0 aliphatic carbocycles. The molecule has 0 bridgehead atoms. The molecule has 2 rings (SSSR count). The summed E-state index contributed by atoms with van der Waals surface area (Å²) in [5.74, 6) is 1.86. The van der Waals surface area contributed by atoms with Crippen molar-refractivity contribution in [2.24, 2.45) is 4.99 Å². The van der Waals surface area contributed by atoms with Crippen LogP contribution in [0.2, 0.25) is 0 Å². The molecule has 0 saturated carbocycles. The molecule has 0 amide bonds. The molecule has 1 aliphatic heterocycles. The van der Waals surface area contributed by atoms with E-state index in [1.54, 1.807) is 7.11 Å². The number of benzene rings is 1. The Labute approximate surface area is 188 Å². The van der Waals surface area contributed by atoms with Gasteiger partial charge in [-0.2, -0.15) is 0 Å². The maximum atomic E-state index is 5.24. The number of methoxy groups -OCH3 is 1. The normalized spacial score (nSPS) is 16.3. The van der Waals surface area contributed by atoms with Crippen LogP contribution in [0, 0.1) is 0 Å². The molecule has 28 heavy (non-hydrogen) atoms. The predicted molar refractivity (Wildman–Crippen MR) is 131 cm³/mol. The van der Waals surface area contributed by atoms with Crippen LogP contribution in [-0.2, 0) is 0 Å². The fraction of sp³-hybridized carbons (Fsp3) is 0.667. The van der Waals surface area contributed by atoms with E-state index in [4.69, 9.17) is 9.73 Å². The summed E-state index contributed by atoms with van der Waals surface area (Å²) >= 11 is 0. The fourth-order valence-electron chi connectivity index (χ4n) is 3.16. The molecule has 1 unspecified atom stereocenters. The maximum Gasteiger partial charge on any atom is 0.191 e. The molecular weight excluding hydrogens is 465 g/mol. The van der Waals surface area contributed by atoms with E-state index in [1.807, 2.05) is 12.1 Å². The minimum Gasteiger partial charge on any atom is -0.497 e. The first-order valence-electron chi connectivity index (χ1n) is 10.3. The van der Waals surface area contributed by atoms with Gasteiger partial charge in [0, 0.05) is 57.5 Å². The van der Waals surface area contributed by atoms with Gasteiger partial charge in [-0.1, -0.05) is 6.92 Å². The summed E-state index contributed by atoms with van der Waals surface area (Å²) in [6.45, 7) is 13.7. The highest BCUT2D eigenvalue weighted by Gasteiger charge is 2.16. The van der Waals surface area contributed by atoms with Crippen molar-refractivity contribution >= 4 is 35.6 Å². The lowest BCUT2D eigenvalue weighted by atomic mass is 10.2. The van der Waals surface area contributed by atoms with Crippen molar-refractivity contribution in [1.29, 1.82) is 0 Å². The Balaban J connectivity index is 0.00000392. The number of hydrogen-bond donors (Lipinski definition) is 2. The first kappa shape index (κ1) is 24.8. The molecule has 1 aliphatic rings. The van der Waals surface area contributed by atoms with Gasteiger partial charge < -0.3 is 20.3 Å². The lowest BCUT2D eigenvalue weighted by molar-refractivity contribution is 0.256. The SMILES string of the molecule is CCNC(=NCCCN1CCN(c2ccc(OC)cc2)CC1)NC(C)CC.I. The number of hydrogen-bond acceptors (Lipinski definition) is 4. The maximum absolute atomic E-state index is 5.24. The van der Waals surface area contributed by atoms with Gasteiger partial charge in [0.2, 0.25) is 0 Å². The summed E-state index contributed by atoms with van der Waals surface area (Å²) in [7, 11) is 1.71. The number of piperazine rings is 1. The van der Waals surface area contributed by atoms with E-state index in [9.17, 15) is 0 Å². The molecule has 0 aromatic heterocycles. The number of guanidine groups is 1. The second-order valence-corrected chi connectivity index (χ2v) is 7.09. The first-order valence-corrected chi connectivity index (χ1v) is 10.3. The van der Waals surface area contributed by atoms with E-state index in [1.165, 1.54) is 5.69 Å². The molecule has 0 spiro atoms. The Hall–Kier alpha value is -1.22. The number of aliphatic imine (C=N–C) groups is 1. The van der Waals surface area contributed by atoms with Crippen molar-refractivity contribution in [3.63, 3.8) is 0 Å². The highest BCUT2D eigenvalue weighted by Crippen LogP contribution is 2.20. The quantitative estimate of drug-likeness (QED) is 0.235. The number of ether oxygens (including phenoxy) is 1. The number of anilines is 1. The first-order chi connectivity index (χ1) is 13.2. The zero-order valence-corrected chi connectivity index (χ0v) is 20.2. The molecule has 1 atom stereocenters. The van der Waals surface area contributed by atoms with Crippen molar-refractivity contribution in [3.05, 3.63) is 24.3 Å². The molecule has 0 radical (unpaired) electrons. The molecule has 2 N–H and O–H groups in total. The summed E-state index contributed by atoms with van der Waals surface area (Å²) in [4.78, 5) is 9.71. The Morgan fingerprint density at radius 1 is 1.14 bits per heavy atom. The van der Waals surface area contributed by atoms with Gasteiger partial charge in [0.25, 0.3) is 0 Å². The molecule has 1 saturated heterocycles. The fourth-order valence-corrected chi connectivity index (χ4v) is 3.16. The molecule has 1 aromatic carbocycles. The van der Waals surface area contributed by atoms with Crippen LogP contribution < -0.4 is 20.3 Å². The van der Waals surface area contributed by atoms with Crippen LogP contribution in [0.4, 0.5) is 5.69 Å². The Kier molecular flexibility index (Phi) is 12.3. The van der Waals surface area contributed by atoms with Crippen LogP contribution in [0.25, 0.3) is 0 Å². The number of halogens is 1. The van der Waals surface area contributed by atoms with Gasteiger partial charge in [-0.05, 0) is 51.0 Å². The smallest absolute Gasteiger partial charge is 0.191 e. The summed E-state index contributed by atoms with van der Waals surface area (Å²) in [6, 6.07) is 8.82. The lowest BCUT2D eigenvalue weighted by Gasteiger charge is -2.36. The standard InChI is InChI=1S/C21H37N5O.HI/c1-5-18(3)24-21(22-6-2)23-12-7-13-25-14-16-26(17-15-25)19-8-10-20(27-4)11-9-19;/h8-11,18H,5-7,12-17H2,1-4H3,(H2,22,23,24);1H. The van der Waals surface area contributed by atoms with Crippen LogP contribution in [0.1, 0.15) is 33.6 Å². The van der Waals surface area contributed by atoms with Gasteiger partial charge >= 0.3 is 0 Å². The number of nitrogens with zero attached hydrogens (tertiary/aromatic N) is 3. The minimum absolute atomic E-state index is 0. The minimum atomic E-state index is 0. The van der Waals surface area contributed by atoms with Crippen LogP contribution in [0.15, 0.2) is 29.3 Å². The third kappa shape index (κ3) is 8.43. The van der Waals surface area contributed by atoms with Gasteiger partial charge in [-0.25, -0.2) is 0 Å². The second kappa shape index (κ2) is 13.9. The molecule has 6 nitrogen and oxygen atoms in total. The van der Waals surface area contributed by atoms with Crippen molar-refractivity contribution in [2.45, 2.75) is 39.7 Å². The summed E-state index contributed by atoms with van der Waals surface area (Å²) in [5, 5.41) is 6.78. The third-order valence-corrected chi connectivity index (χ3v) is 5.05. The molecule has 1 fully saturated rings. The van der Waals surface area contributed by atoms with E-state index in [0.29, 0.717) is 6.04 Å². The zero-order chi connectivity index (χ0) is 19.5. The van der Waals surface area contributed by atoms with Crippen LogP contribution in [-0.4, -0.2) is 69.8 Å². The third-order valence-electron chi connectivity index (χ3n) is 5.05. The molecular formula is C21H38IN5O. The molecule has 160 valence electrons. The zero-order valence-electron chi connectivity index (χ0n) is 17.9. The number of rotatable bonds is 9. The van der Waals surface area contributed by atoms with Crippen molar-refractivity contribution in [1.82, 2.24) is 15.5 Å². The predicted octanol–water partition coefficient (Wildman–Crippen LogP) is 3.18. The van der Waals surface area contributed by atoms with Crippen molar-refractivity contribution in [3.8, 4) is 5.75 Å². The van der Waals surface area contributed by atoms with Gasteiger partial charge in [0.05, 0.1) is 7.11 Å². The average Bonchev–Trinajstić information content (AvgIpc) is 2.71. The number of nitrogens with one attached hydrogen (secondary N) is 2. The van der Waals surface area contributed by atoms with Crippen molar-refractivity contribution < 1.29 is 4.74 Å². The van der Waals surface area contributed by atoms with Gasteiger partial charge in [0.1, 0.15) is 5.75 Å². The Morgan fingerprint density at radius 2 is 1.82 bits per heavy atom. The van der Waals surface area contributed by atoms with Gasteiger partial charge in [-0.3, -0.25) is 9.89 Å². The summed E-state index contributed by atoms with van der Waals surface area (Å²) < 4.78 is 5.24. The highest BCUT2D eigenvalue weighted by atomic mass is 127. The largest absolute Gasteiger partial charge is 0.497 e. The van der Waals surface area contributed by atoms with E-state index >= 15 is 0 Å². The highest BCUT2D eigenvalue weighted by molar-refractivity contribution is 14.0. The average molecular weight is 503 g/mol. The van der Waals surface area contributed by atoms with Crippen LogP contribution in [0.3, 0.4) is 0 Å². The topological polar surface area (TPSA) is 52.1 Å². The van der Waals surface area contributed by atoms with Crippen molar-refractivity contribution in [2.75, 3.05) is 57.8 Å². The second-order valence-electron chi connectivity index (χ2n) is 7.09. The van der Waals surface area contributed by atoms with Crippen LogP contribution in [0.5, 0.6) is 5.75 Å². The molecule has 1 heterocycles. The van der Waals surface area contributed by atoms with E-state index in [0.717, 1.165) is 70.4 Å². The monoisotopic (exact) mass is 503 g/mol. The Bertz CT molecular complexity index is 558. The summed E-state index contributed by atoms with van der Waals surface area (Å²) in [6.07, 6.45) is 2.20. The summed E-state index contributed by atoms with van der Waals surface area (Å²) in [5.41, 5.74) is 1.28. The lowest BCUT2D eigenvalue weighted by Crippen LogP contribution is -2.46. The molecule has 1 aromatic rings.